The van der Waals surface area contributed by atoms with Crippen molar-refractivity contribution in [1.82, 2.24) is 19.9 Å². The summed E-state index contributed by atoms with van der Waals surface area (Å²) in [5.74, 6) is -0.435. The van der Waals surface area contributed by atoms with E-state index in [-0.39, 0.29) is 48.2 Å². The number of carbonyl (C=O) groups is 2. The highest BCUT2D eigenvalue weighted by Gasteiger charge is 2.43. The maximum atomic E-state index is 14.2. The van der Waals surface area contributed by atoms with Gasteiger partial charge in [-0.3, -0.25) is 9.59 Å². The van der Waals surface area contributed by atoms with Crippen LogP contribution in [0.15, 0.2) is 51.9 Å². The summed E-state index contributed by atoms with van der Waals surface area (Å²) in [7, 11) is -4.11. The molecule has 2 aromatic carbocycles. The Bertz CT molecular complexity index is 1520. The van der Waals surface area contributed by atoms with Crippen LogP contribution in [0.2, 0.25) is 0 Å². The second-order valence-corrected chi connectivity index (χ2v) is 11.5. The first-order valence-corrected chi connectivity index (χ1v) is 14.1. The Labute approximate surface area is 225 Å². The molecule has 0 saturated carbocycles. The van der Waals surface area contributed by atoms with E-state index >= 15 is 0 Å². The largest absolute Gasteiger partial charge is 0.491 e. The molecule has 2 aliphatic rings. The number of hydrogen-bond donors (Lipinski definition) is 2. The third-order valence-corrected chi connectivity index (χ3v) is 9.14. The van der Waals surface area contributed by atoms with Crippen LogP contribution in [-0.2, 0) is 14.8 Å². The predicted octanol–water partition coefficient (Wildman–Crippen LogP) is 2.95. The lowest BCUT2D eigenvalue weighted by atomic mass is 10.1. The van der Waals surface area contributed by atoms with E-state index in [9.17, 15) is 22.4 Å². The molecule has 206 valence electrons. The van der Waals surface area contributed by atoms with Gasteiger partial charge in [0.25, 0.3) is 5.91 Å². The number of rotatable bonds is 3. The van der Waals surface area contributed by atoms with Crippen LogP contribution in [0.3, 0.4) is 0 Å². The van der Waals surface area contributed by atoms with Crippen molar-refractivity contribution in [3.8, 4) is 17.1 Å². The Morgan fingerprint density at radius 1 is 1.05 bits per heavy atom. The van der Waals surface area contributed by atoms with Crippen LogP contribution in [0.4, 0.5) is 4.39 Å². The first-order valence-electron chi connectivity index (χ1n) is 12.7. The summed E-state index contributed by atoms with van der Waals surface area (Å²) < 4.78 is 54.9. The molecule has 1 saturated heterocycles. The summed E-state index contributed by atoms with van der Waals surface area (Å²) in [5, 5.41) is 5.50. The fourth-order valence-electron chi connectivity index (χ4n) is 5.10. The van der Waals surface area contributed by atoms with Crippen LogP contribution in [0.1, 0.15) is 41.1 Å². The Hall–Kier alpha value is -3.77. The third-order valence-electron chi connectivity index (χ3n) is 6.99. The zero-order chi connectivity index (χ0) is 27.7. The highest BCUT2D eigenvalue weighted by Crippen LogP contribution is 2.35. The molecule has 0 radical (unpaired) electrons. The molecule has 0 aliphatic carbocycles. The summed E-state index contributed by atoms with van der Waals surface area (Å²) in [4.78, 5) is 30.0. The van der Waals surface area contributed by atoms with Crippen molar-refractivity contribution >= 4 is 21.8 Å². The molecule has 2 bridgehead atoms. The Morgan fingerprint density at radius 3 is 2.62 bits per heavy atom. The van der Waals surface area contributed by atoms with Gasteiger partial charge >= 0.3 is 0 Å². The van der Waals surface area contributed by atoms with E-state index in [2.05, 4.69) is 15.6 Å². The smallest absolute Gasteiger partial charge is 0.255 e. The lowest BCUT2D eigenvalue weighted by Gasteiger charge is -2.30. The summed E-state index contributed by atoms with van der Waals surface area (Å²) in [5.41, 5.74) is 1.08. The van der Waals surface area contributed by atoms with Gasteiger partial charge in [0.15, 0.2) is 11.7 Å². The molecule has 3 aromatic rings. The summed E-state index contributed by atoms with van der Waals surface area (Å²) in [6.07, 6.45) is 2.37. The molecular formula is C27H29FN4O6S. The monoisotopic (exact) mass is 556 g/mol. The average molecular weight is 557 g/mol. The number of nitrogens with one attached hydrogen (secondary N) is 2. The van der Waals surface area contributed by atoms with Gasteiger partial charge in [0, 0.05) is 37.5 Å². The molecule has 1 fully saturated rings. The van der Waals surface area contributed by atoms with E-state index in [4.69, 9.17) is 9.15 Å². The van der Waals surface area contributed by atoms with Crippen LogP contribution in [0.25, 0.3) is 11.3 Å². The number of oxazole rings is 1. The Kier molecular flexibility index (Phi) is 7.41. The Morgan fingerprint density at radius 2 is 1.85 bits per heavy atom. The number of aryl methyl sites for hydroxylation is 2. The summed E-state index contributed by atoms with van der Waals surface area (Å²) in [6.45, 7) is 3.57. The van der Waals surface area contributed by atoms with Crippen LogP contribution in [0.5, 0.6) is 5.75 Å². The quantitative estimate of drug-likeness (QED) is 0.507. The molecular weight excluding hydrogens is 527 g/mol. The first-order chi connectivity index (χ1) is 18.6. The summed E-state index contributed by atoms with van der Waals surface area (Å²) in [6, 6.07) is 7.39. The van der Waals surface area contributed by atoms with Crippen LogP contribution < -0.4 is 15.4 Å². The normalized spacial score (nSPS) is 20.9. The van der Waals surface area contributed by atoms with Crippen LogP contribution in [0, 0.1) is 19.7 Å². The van der Waals surface area contributed by atoms with E-state index in [1.807, 2.05) is 0 Å². The number of hydrogen-bond acceptors (Lipinski definition) is 7. The van der Waals surface area contributed by atoms with Crippen molar-refractivity contribution in [3.63, 3.8) is 0 Å². The standard InChI is InChI=1S/C27H29FN4O6S/c1-16-3-4-18(24-15-30-17(2)38-24)11-25(16)39(35,36)32-20-6-7-21(32)14-31-27(34)22-12-19(28)5-8-23(22)37-10-9-29-26(33)13-20/h3-5,8,11-12,15,20-21H,6-7,9-10,13-14H2,1-2H3,(H,29,33)(H,31,34)/t20-,21+/m0/s1. The molecule has 0 spiro atoms. The molecule has 2 atom stereocenters. The maximum Gasteiger partial charge on any atom is 0.255 e. The molecule has 39 heavy (non-hydrogen) atoms. The maximum absolute atomic E-state index is 14.2. The number of aromatic nitrogens is 1. The zero-order valence-electron chi connectivity index (χ0n) is 21.6. The highest BCUT2D eigenvalue weighted by molar-refractivity contribution is 7.89. The van der Waals surface area contributed by atoms with Crippen molar-refractivity contribution in [1.29, 1.82) is 0 Å². The molecule has 10 nitrogen and oxygen atoms in total. The second-order valence-electron chi connectivity index (χ2n) is 9.70. The van der Waals surface area contributed by atoms with Gasteiger partial charge in [-0.25, -0.2) is 17.8 Å². The topological polar surface area (TPSA) is 131 Å². The highest BCUT2D eigenvalue weighted by atomic mass is 32.2. The number of sulfonamides is 1. The van der Waals surface area contributed by atoms with Crippen molar-refractivity contribution < 1.29 is 31.6 Å². The minimum atomic E-state index is -4.11. The van der Waals surface area contributed by atoms with Gasteiger partial charge in [0.1, 0.15) is 18.2 Å². The lowest BCUT2D eigenvalue weighted by molar-refractivity contribution is -0.121. The number of nitrogens with zero attached hydrogens (tertiary/aromatic N) is 2. The number of ether oxygens (including phenoxy) is 1. The van der Waals surface area contributed by atoms with Crippen LogP contribution in [-0.4, -0.2) is 61.3 Å². The van der Waals surface area contributed by atoms with Gasteiger partial charge < -0.3 is 19.8 Å². The molecule has 1 aromatic heterocycles. The van der Waals surface area contributed by atoms with Crippen molar-refractivity contribution in [2.45, 2.75) is 50.1 Å². The fourth-order valence-corrected chi connectivity index (χ4v) is 7.23. The number of fused-ring (bicyclic) bond motifs is 3. The second kappa shape index (κ2) is 10.8. The van der Waals surface area contributed by atoms with E-state index in [1.165, 1.54) is 22.6 Å². The number of carbonyl (C=O) groups excluding carboxylic acids is 2. The third kappa shape index (κ3) is 5.52. The molecule has 5 rings (SSSR count). The average Bonchev–Trinajstić information content (AvgIpc) is 3.51. The van der Waals surface area contributed by atoms with Crippen LogP contribution >= 0.6 is 0 Å². The fraction of sp³-hybridized carbons (Fsp3) is 0.370. The number of amides is 2. The van der Waals surface area contributed by atoms with Gasteiger partial charge in [-0.1, -0.05) is 12.1 Å². The van der Waals surface area contributed by atoms with E-state index in [0.717, 1.165) is 6.07 Å². The van der Waals surface area contributed by atoms with Gasteiger partial charge in [0.05, 0.1) is 23.2 Å². The van der Waals surface area contributed by atoms with Gasteiger partial charge in [-0.2, -0.15) is 4.31 Å². The molecule has 2 amide bonds. The molecule has 0 unspecified atom stereocenters. The van der Waals surface area contributed by atoms with E-state index in [0.29, 0.717) is 35.6 Å². The minimum absolute atomic E-state index is 0.00626. The SMILES string of the molecule is Cc1ncc(-c2ccc(C)c(S(=O)(=O)N3[C@@H]4CC[C@H]3CC(=O)NCCOc3ccc(F)cc3C(=O)NC4)c2)o1. The van der Waals surface area contributed by atoms with Crippen molar-refractivity contribution in [3.05, 3.63) is 65.4 Å². The van der Waals surface area contributed by atoms with E-state index in [1.54, 1.807) is 32.0 Å². The van der Waals surface area contributed by atoms with Crippen molar-refractivity contribution in [2.24, 2.45) is 0 Å². The zero-order valence-corrected chi connectivity index (χ0v) is 22.4. The molecule has 12 heteroatoms. The molecule has 2 N–H and O–H groups in total. The van der Waals surface area contributed by atoms with Crippen molar-refractivity contribution in [2.75, 3.05) is 19.7 Å². The van der Waals surface area contributed by atoms with E-state index < -0.39 is 33.8 Å². The number of benzene rings is 2. The molecule has 3 heterocycles. The van der Waals surface area contributed by atoms with Gasteiger partial charge in [0.2, 0.25) is 15.9 Å². The lowest BCUT2D eigenvalue weighted by Crippen LogP contribution is -2.48. The minimum Gasteiger partial charge on any atom is -0.491 e. The summed E-state index contributed by atoms with van der Waals surface area (Å²) >= 11 is 0. The molecule has 2 aliphatic heterocycles. The Balaban J connectivity index is 1.51. The van der Waals surface area contributed by atoms with Gasteiger partial charge in [-0.15, -0.1) is 0 Å². The first kappa shape index (κ1) is 26.8. The predicted molar refractivity (Wildman–Crippen MR) is 139 cm³/mol. The van der Waals surface area contributed by atoms with Gasteiger partial charge in [-0.05, 0) is 49.6 Å². The number of halogens is 1.